The van der Waals surface area contributed by atoms with Crippen molar-refractivity contribution in [3.05, 3.63) is 23.6 Å². The molecule has 3 aliphatic rings. The number of nitrogens with zero attached hydrogens (tertiary/aromatic N) is 3. The second kappa shape index (κ2) is 6.19. The van der Waals surface area contributed by atoms with Gasteiger partial charge in [-0.25, -0.2) is 0 Å². The Bertz CT molecular complexity index is 397. The van der Waals surface area contributed by atoms with Crippen molar-refractivity contribution in [2.24, 2.45) is 0 Å². The van der Waals surface area contributed by atoms with Crippen LogP contribution in [0.3, 0.4) is 0 Å². The summed E-state index contributed by atoms with van der Waals surface area (Å²) < 4.78 is 5.41. The quantitative estimate of drug-likeness (QED) is 0.778. The Balaban J connectivity index is 1.57. The van der Waals surface area contributed by atoms with E-state index in [-0.39, 0.29) is 0 Å². The molecule has 2 saturated heterocycles. The average molecular weight is 277 g/mol. The molecule has 0 aromatic heterocycles. The van der Waals surface area contributed by atoms with Crippen LogP contribution in [0, 0.1) is 0 Å². The lowest BCUT2D eigenvalue weighted by molar-refractivity contribution is 0.115. The Hall–Kier alpha value is -1.00. The summed E-state index contributed by atoms with van der Waals surface area (Å²) in [7, 11) is 4.01. The van der Waals surface area contributed by atoms with Gasteiger partial charge < -0.3 is 14.5 Å². The van der Waals surface area contributed by atoms with E-state index in [2.05, 4.69) is 33.9 Å². The second-order valence-corrected chi connectivity index (χ2v) is 6.21. The van der Waals surface area contributed by atoms with Crippen molar-refractivity contribution in [2.75, 3.05) is 53.4 Å². The molecule has 4 heteroatoms. The summed E-state index contributed by atoms with van der Waals surface area (Å²) in [5, 5.41) is 0. The van der Waals surface area contributed by atoms with Crippen LogP contribution in [0.4, 0.5) is 0 Å². The maximum atomic E-state index is 5.41. The van der Waals surface area contributed by atoms with Crippen LogP contribution in [0.25, 0.3) is 0 Å². The molecule has 0 N–H and O–H groups in total. The van der Waals surface area contributed by atoms with Gasteiger partial charge in [-0.2, -0.15) is 0 Å². The normalized spacial score (nSPS) is 29.3. The second-order valence-electron chi connectivity index (χ2n) is 6.21. The SMILES string of the molecule is COC1=CC(N2CCC(N3CCN(C)CC3)C2)=CCC1. The molecule has 4 nitrogen and oxygen atoms in total. The van der Waals surface area contributed by atoms with Crippen molar-refractivity contribution in [3.63, 3.8) is 0 Å². The van der Waals surface area contributed by atoms with Gasteiger partial charge in [-0.3, -0.25) is 4.90 Å². The molecular weight excluding hydrogens is 250 g/mol. The topological polar surface area (TPSA) is 19.0 Å². The predicted molar refractivity (Wildman–Crippen MR) is 81.5 cm³/mol. The van der Waals surface area contributed by atoms with E-state index in [1.54, 1.807) is 7.11 Å². The van der Waals surface area contributed by atoms with Gasteiger partial charge in [0.15, 0.2) is 0 Å². The van der Waals surface area contributed by atoms with Crippen LogP contribution in [-0.2, 0) is 4.74 Å². The van der Waals surface area contributed by atoms with E-state index in [1.165, 1.54) is 51.4 Å². The summed E-state index contributed by atoms with van der Waals surface area (Å²) in [5.41, 5.74) is 1.38. The van der Waals surface area contributed by atoms with Crippen molar-refractivity contribution in [1.82, 2.24) is 14.7 Å². The number of hydrogen-bond acceptors (Lipinski definition) is 4. The van der Waals surface area contributed by atoms with Crippen LogP contribution in [-0.4, -0.2) is 74.2 Å². The van der Waals surface area contributed by atoms with Gasteiger partial charge in [0.05, 0.1) is 12.9 Å². The van der Waals surface area contributed by atoms with Crippen molar-refractivity contribution in [3.8, 4) is 0 Å². The molecule has 0 radical (unpaired) electrons. The summed E-state index contributed by atoms with van der Waals surface area (Å²) in [6.07, 6.45) is 8.07. The van der Waals surface area contributed by atoms with Crippen LogP contribution in [0.1, 0.15) is 19.3 Å². The molecule has 1 atom stereocenters. The third-order valence-electron chi connectivity index (χ3n) is 4.90. The van der Waals surface area contributed by atoms with E-state index in [9.17, 15) is 0 Å². The molecule has 1 unspecified atom stereocenters. The first-order valence-corrected chi connectivity index (χ1v) is 7.88. The van der Waals surface area contributed by atoms with Gasteiger partial charge in [0.25, 0.3) is 0 Å². The fourth-order valence-corrected chi connectivity index (χ4v) is 3.50. The summed E-state index contributed by atoms with van der Waals surface area (Å²) in [4.78, 5) is 7.66. The minimum absolute atomic E-state index is 0.742. The first kappa shape index (κ1) is 14.0. The highest BCUT2D eigenvalue weighted by Crippen LogP contribution is 2.26. The minimum atomic E-state index is 0.742. The zero-order chi connectivity index (χ0) is 13.9. The Morgan fingerprint density at radius 2 is 1.95 bits per heavy atom. The minimum Gasteiger partial charge on any atom is -0.501 e. The van der Waals surface area contributed by atoms with Gasteiger partial charge in [-0.05, 0) is 26.0 Å². The highest BCUT2D eigenvalue weighted by Gasteiger charge is 2.30. The van der Waals surface area contributed by atoms with Crippen LogP contribution >= 0.6 is 0 Å². The molecule has 3 rings (SSSR count). The third kappa shape index (κ3) is 3.01. The number of methoxy groups -OCH3 is 1. The zero-order valence-electron chi connectivity index (χ0n) is 12.8. The number of allylic oxidation sites excluding steroid dienone is 3. The Kier molecular flexibility index (Phi) is 4.32. The van der Waals surface area contributed by atoms with E-state index in [0.717, 1.165) is 24.6 Å². The standard InChI is InChI=1S/C16H27N3O/c1-17-8-10-18(11-9-17)15-6-7-19(13-15)14-4-3-5-16(12-14)20-2/h4,12,15H,3,5-11,13H2,1-2H3. The van der Waals surface area contributed by atoms with Crippen LogP contribution < -0.4 is 0 Å². The van der Waals surface area contributed by atoms with E-state index in [4.69, 9.17) is 4.74 Å². The van der Waals surface area contributed by atoms with Crippen LogP contribution in [0.2, 0.25) is 0 Å². The van der Waals surface area contributed by atoms with Crippen LogP contribution in [0.5, 0.6) is 0 Å². The maximum Gasteiger partial charge on any atom is 0.0979 e. The number of likely N-dealkylation sites (tertiary alicyclic amines) is 1. The molecule has 0 amide bonds. The highest BCUT2D eigenvalue weighted by atomic mass is 16.5. The lowest BCUT2D eigenvalue weighted by Gasteiger charge is -2.36. The molecule has 2 heterocycles. The fraction of sp³-hybridized carbons (Fsp3) is 0.750. The van der Waals surface area contributed by atoms with Gasteiger partial charge in [0.2, 0.25) is 0 Å². The lowest BCUT2D eigenvalue weighted by atomic mass is 10.1. The summed E-state index contributed by atoms with van der Waals surface area (Å²) in [5.74, 6) is 1.13. The molecule has 2 fully saturated rings. The number of piperazine rings is 1. The molecule has 20 heavy (non-hydrogen) atoms. The molecular formula is C16H27N3O. The van der Waals surface area contributed by atoms with Gasteiger partial charge in [0, 0.05) is 57.4 Å². The van der Waals surface area contributed by atoms with E-state index in [1.807, 2.05) is 0 Å². The summed E-state index contributed by atoms with van der Waals surface area (Å²) in [6, 6.07) is 0.742. The molecule has 0 saturated carbocycles. The van der Waals surface area contributed by atoms with Crippen LogP contribution in [0.15, 0.2) is 23.6 Å². The van der Waals surface area contributed by atoms with Gasteiger partial charge in [-0.15, -0.1) is 0 Å². The summed E-state index contributed by atoms with van der Waals surface area (Å²) in [6.45, 7) is 7.26. The molecule has 1 aliphatic carbocycles. The van der Waals surface area contributed by atoms with E-state index >= 15 is 0 Å². The fourth-order valence-electron chi connectivity index (χ4n) is 3.50. The van der Waals surface area contributed by atoms with E-state index in [0.29, 0.717) is 0 Å². The first-order valence-electron chi connectivity index (χ1n) is 7.88. The molecule has 0 aromatic carbocycles. The van der Waals surface area contributed by atoms with E-state index < -0.39 is 0 Å². The molecule has 112 valence electrons. The van der Waals surface area contributed by atoms with Gasteiger partial charge in [-0.1, -0.05) is 6.08 Å². The van der Waals surface area contributed by atoms with Gasteiger partial charge in [0.1, 0.15) is 0 Å². The Labute approximate surface area is 122 Å². The first-order chi connectivity index (χ1) is 9.76. The van der Waals surface area contributed by atoms with Crippen molar-refractivity contribution in [1.29, 1.82) is 0 Å². The Morgan fingerprint density at radius 3 is 2.70 bits per heavy atom. The average Bonchev–Trinajstić information content (AvgIpc) is 2.98. The molecule has 2 aliphatic heterocycles. The summed E-state index contributed by atoms with van der Waals surface area (Å²) >= 11 is 0. The number of rotatable bonds is 3. The molecule has 0 bridgehead atoms. The molecule has 0 aromatic rings. The van der Waals surface area contributed by atoms with Crippen molar-refractivity contribution >= 4 is 0 Å². The third-order valence-corrected chi connectivity index (χ3v) is 4.90. The highest BCUT2D eigenvalue weighted by molar-refractivity contribution is 5.25. The monoisotopic (exact) mass is 277 g/mol. The Morgan fingerprint density at radius 1 is 1.15 bits per heavy atom. The van der Waals surface area contributed by atoms with Gasteiger partial charge >= 0.3 is 0 Å². The van der Waals surface area contributed by atoms with Crippen molar-refractivity contribution < 1.29 is 4.74 Å². The van der Waals surface area contributed by atoms with Crippen molar-refractivity contribution in [2.45, 2.75) is 25.3 Å². The lowest BCUT2D eigenvalue weighted by Crippen LogP contribution is -2.49. The number of hydrogen-bond donors (Lipinski definition) is 0. The maximum absolute atomic E-state index is 5.41. The molecule has 0 spiro atoms. The largest absolute Gasteiger partial charge is 0.501 e. The number of likely N-dealkylation sites (N-methyl/N-ethyl adjacent to an activating group) is 1. The zero-order valence-corrected chi connectivity index (χ0v) is 12.8. The smallest absolute Gasteiger partial charge is 0.0979 e. The predicted octanol–water partition coefficient (Wildman–Crippen LogP) is 1.52. The number of ether oxygens (including phenoxy) is 1.